The smallest absolute Gasteiger partial charge is 0.160 e. The van der Waals surface area contributed by atoms with Gasteiger partial charge in [0.1, 0.15) is 21.2 Å². The first-order valence-corrected chi connectivity index (χ1v) is 8.56. The highest BCUT2D eigenvalue weighted by Gasteiger charge is 2.12. The first-order valence-electron chi connectivity index (χ1n) is 5.97. The molecular formula is C12H16ClN3O2S. The maximum Gasteiger partial charge on any atom is 0.160 e. The van der Waals surface area contributed by atoms with E-state index in [4.69, 9.17) is 11.6 Å². The number of hydrogen-bond donors (Lipinski definition) is 0. The van der Waals surface area contributed by atoms with Gasteiger partial charge in [-0.05, 0) is 25.5 Å². The summed E-state index contributed by atoms with van der Waals surface area (Å²) in [5.74, 6) is 1.16. The number of hydrogen-bond acceptors (Lipinski definition) is 4. The summed E-state index contributed by atoms with van der Waals surface area (Å²) in [6.45, 7) is 2.47. The van der Waals surface area contributed by atoms with Gasteiger partial charge in [0.05, 0.1) is 11.6 Å². The number of aromatic nitrogens is 3. The van der Waals surface area contributed by atoms with Crippen molar-refractivity contribution in [3.8, 4) is 0 Å². The van der Waals surface area contributed by atoms with E-state index in [2.05, 4.69) is 9.97 Å². The fourth-order valence-corrected chi connectivity index (χ4v) is 2.82. The van der Waals surface area contributed by atoms with Crippen LogP contribution in [0.5, 0.6) is 0 Å². The van der Waals surface area contributed by atoms with Gasteiger partial charge in [-0.3, -0.25) is 0 Å². The van der Waals surface area contributed by atoms with Crippen LogP contribution in [0, 0.1) is 6.92 Å². The third-order valence-corrected chi connectivity index (χ3v) is 4.10. The van der Waals surface area contributed by atoms with E-state index < -0.39 is 9.84 Å². The van der Waals surface area contributed by atoms with Crippen LogP contribution < -0.4 is 0 Å². The van der Waals surface area contributed by atoms with Crippen LogP contribution in [0.2, 0.25) is 0 Å². The van der Waals surface area contributed by atoms with Crippen LogP contribution in [0.1, 0.15) is 17.9 Å². The molecule has 0 aromatic carbocycles. The Labute approximate surface area is 117 Å². The molecule has 0 atom stereocenters. The van der Waals surface area contributed by atoms with E-state index in [1.807, 2.05) is 23.6 Å². The summed E-state index contributed by atoms with van der Waals surface area (Å²) in [5.41, 5.74) is 2.46. The SMILES string of the molecule is Cc1ccc2nc(CCl)n(CCCS(C)(=O)=O)c2n1. The second kappa shape index (κ2) is 5.46. The number of pyridine rings is 1. The van der Waals surface area contributed by atoms with E-state index >= 15 is 0 Å². The van der Waals surface area contributed by atoms with Crippen molar-refractivity contribution in [2.75, 3.05) is 12.0 Å². The van der Waals surface area contributed by atoms with Crippen molar-refractivity contribution in [1.29, 1.82) is 0 Å². The van der Waals surface area contributed by atoms with Crippen LogP contribution in [0.15, 0.2) is 12.1 Å². The predicted molar refractivity (Wildman–Crippen MR) is 76.1 cm³/mol. The summed E-state index contributed by atoms with van der Waals surface area (Å²) in [6.07, 6.45) is 1.77. The van der Waals surface area contributed by atoms with Gasteiger partial charge in [0.25, 0.3) is 0 Å². The largest absolute Gasteiger partial charge is 0.312 e. The van der Waals surface area contributed by atoms with Crippen molar-refractivity contribution in [2.45, 2.75) is 25.8 Å². The van der Waals surface area contributed by atoms with Gasteiger partial charge in [0, 0.05) is 18.5 Å². The van der Waals surface area contributed by atoms with Crippen molar-refractivity contribution < 1.29 is 8.42 Å². The summed E-state index contributed by atoms with van der Waals surface area (Å²) in [4.78, 5) is 8.86. The molecule has 0 spiro atoms. The Kier molecular flexibility index (Phi) is 4.10. The van der Waals surface area contributed by atoms with Crippen LogP contribution >= 0.6 is 11.6 Å². The van der Waals surface area contributed by atoms with Gasteiger partial charge in [-0.1, -0.05) is 0 Å². The third kappa shape index (κ3) is 3.45. The number of imidazole rings is 1. The number of halogens is 1. The molecule has 0 unspecified atom stereocenters. The molecule has 2 heterocycles. The van der Waals surface area contributed by atoms with Crippen molar-refractivity contribution in [3.05, 3.63) is 23.7 Å². The van der Waals surface area contributed by atoms with E-state index in [9.17, 15) is 8.42 Å². The Bertz CT molecular complexity index is 694. The minimum Gasteiger partial charge on any atom is -0.312 e. The average Bonchev–Trinajstić information content (AvgIpc) is 2.65. The molecule has 0 fully saturated rings. The van der Waals surface area contributed by atoms with Gasteiger partial charge in [0.2, 0.25) is 0 Å². The molecule has 0 N–H and O–H groups in total. The first kappa shape index (κ1) is 14.3. The monoisotopic (exact) mass is 301 g/mol. The zero-order valence-corrected chi connectivity index (χ0v) is 12.5. The summed E-state index contributed by atoms with van der Waals surface area (Å²) in [7, 11) is -2.95. The molecule has 0 bridgehead atoms. The number of aryl methyl sites for hydroxylation is 2. The lowest BCUT2D eigenvalue weighted by atomic mass is 10.3. The topological polar surface area (TPSA) is 64.8 Å². The Morgan fingerprint density at radius 2 is 2.05 bits per heavy atom. The predicted octanol–water partition coefficient (Wildman–Crippen LogP) is 1.91. The molecule has 7 heteroatoms. The second-order valence-corrected chi connectivity index (χ2v) is 7.12. The molecule has 0 radical (unpaired) electrons. The van der Waals surface area contributed by atoms with Crippen molar-refractivity contribution in [3.63, 3.8) is 0 Å². The molecule has 0 aliphatic rings. The number of alkyl halides is 1. The Balaban J connectivity index is 2.32. The highest BCUT2D eigenvalue weighted by atomic mass is 35.5. The minimum atomic E-state index is -2.95. The zero-order valence-electron chi connectivity index (χ0n) is 10.9. The van der Waals surface area contributed by atoms with Crippen LogP contribution in [0.25, 0.3) is 11.2 Å². The number of fused-ring (bicyclic) bond motifs is 1. The highest BCUT2D eigenvalue weighted by molar-refractivity contribution is 7.90. The number of sulfone groups is 1. The summed E-state index contributed by atoms with van der Waals surface area (Å²) >= 11 is 5.88. The summed E-state index contributed by atoms with van der Waals surface area (Å²) in [6, 6.07) is 3.80. The lowest BCUT2D eigenvalue weighted by molar-refractivity contribution is 0.591. The molecular weight excluding hydrogens is 286 g/mol. The molecule has 0 aliphatic carbocycles. The highest BCUT2D eigenvalue weighted by Crippen LogP contribution is 2.17. The average molecular weight is 302 g/mol. The van der Waals surface area contributed by atoms with Crippen LogP contribution in [-0.4, -0.2) is 35.0 Å². The summed E-state index contributed by atoms with van der Waals surface area (Å²) < 4.78 is 24.2. The molecule has 2 aromatic heterocycles. The fraction of sp³-hybridized carbons (Fsp3) is 0.500. The van der Waals surface area contributed by atoms with Gasteiger partial charge in [-0.2, -0.15) is 0 Å². The summed E-state index contributed by atoms with van der Waals surface area (Å²) in [5, 5.41) is 0. The van der Waals surface area contributed by atoms with E-state index in [0.717, 1.165) is 22.7 Å². The van der Waals surface area contributed by atoms with Gasteiger partial charge in [0.15, 0.2) is 5.65 Å². The number of nitrogens with zero attached hydrogens (tertiary/aromatic N) is 3. The maximum absolute atomic E-state index is 11.2. The zero-order chi connectivity index (χ0) is 14.0. The van der Waals surface area contributed by atoms with E-state index in [1.165, 1.54) is 6.26 Å². The molecule has 5 nitrogen and oxygen atoms in total. The first-order chi connectivity index (χ1) is 8.90. The molecule has 0 aliphatic heterocycles. The van der Waals surface area contributed by atoms with Gasteiger partial charge in [-0.15, -0.1) is 11.6 Å². The lowest BCUT2D eigenvalue weighted by Gasteiger charge is -2.06. The molecule has 19 heavy (non-hydrogen) atoms. The fourth-order valence-electron chi connectivity index (χ4n) is 1.97. The molecule has 2 rings (SSSR count). The molecule has 2 aromatic rings. The molecule has 104 valence electrons. The van der Waals surface area contributed by atoms with E-state index in [1.54, 1.807) is 0 Å². The molecule has 0 saturated heterocycles. The van der Waals surface area contributed by atoms with E-state index in [0.29, 0.717) is 13.0 Å². The van der Waals surface area contributed by atoms with Gasteiger partial charge >= 0.3 is 0 Å². The minimum absolute atomic E-state index is 0.153. The lowest BCUT2D eigenvalue weighted by Crippen LogP contribution is -2.09. The third-order valence-electron chi connectivity index (χ3n) is 2.83. The normalized spacial score (nSPS) is 12.2. The molecule has 0 amide bonds. The van der Waals surface area contributed by atoms with E-state index in [-0.39, 0.29) is 11.6 Å². The van der Waals surface area contributed by atoms with Crippen LogP contribution in [-0.2, 0) is 22.3 Å². The second-order valence-electron chi connectivity index (χ2n) is 4.59. The number of rotatable bonds is 5. The Morgan fingerprint density at radius 1 is 1.32 bits per heavy atom. The Hall–Kier alpha value is -1.14. The van der Waals surface area contributed by atoms with Gasteiger partial charge in [-0.25, -0.2) is 18.4 Å². The quantitative estimate of drug-likeness (QED) is 0.791. The maximum atomic E-state index is 11.2. The standard InChI is InChI=1S/C12H16ClN3O2S/c1-9-4-5-10-12(14-9)16(11(8-13)15-10)6-3-7-19(2,17)18/h4-5H,3,6-8H2,1-2H3. The molecule has 0 saturated carbocycles. The van der Waals surface area contributed by atoms with Crippen LogP contribution in [0.4, 0.5) is 0 Å². The van der Waals surface area contributed by atoms with Crippen LogP contribution in [0.3, 0.4) is 0 Å². The van der Waals surface area contributed by atoms with Gasteiger partial charge < -0.3 is 4.57 Å². The van der Waals surface area contributed by atoms with Crippen molar-refractivity contribution in [2.24, 2.45) is 0 Å². The van der Waals surface area contributed by atoms with Crippen molar-refractivity contribution >= 4 is 32.6 Å². The van der Waals surface area contributed by atoms with Crippen molar-refractivity contribution in [1.82, 2.24) is 14.5 Å². The Morgan fingerprint density at radius 3 is 2.68 bits per heavy atom.